The first kappa shape index (κ1) is 19.0. The van der Waals surface area contributed by atoms with E-state index in [4.69, 9.17) is 17.3 Å². The summed E-state index contributed by atoms with van der Waals surface area (Å²) < 4.78 is 0.733. The summed E-state index contributed by atoms with van der Waals surface area (Å²) in [6.45, 7) is 5.13. The Morgan fingerprint density at radius 2 is 1.91 bits per heavy atom. The van der Waals surface area contributed by atoms with Gasteiger partial charge in [-0.05, 0) is 31.5 Å². The lowest BCUT2D eigenvalue weighted by Gasteiger charge is -2.24. The summed E-state index contributed by atoms with van der Waals surface area (Å²) in [5.41, 5.74) is 8.10. The Kier molecular flexibility index (Phi) is 7.36. The normalized spacial score (nSPS) is 11.6. The topological polar surface area (TPSA) is 46.3 Å². The highest BCUT2D eigenvalue weighted by atomic mass is 35.5. The lowest BCUT2D eigenvalue weighted by Crippen LogP contribution is -2.37. The van der Waals surface area contributed by atoms with Crippen molar-refractivity contribution in [2.75, 3.05) is 6.54 Å². The van der Waals surface area contributed by atoms with Gasteiger partial charge in [0.05, 0.1) is 10.9 Å². The average Bonchev–Trinajstić information content (AvgIpc) is 2.89. The number of rotatable bonds is 5. The number of amides is 1. The van der Waals surface area contributed by atoms with Crippen LogP contribution in [0.15, 0.2) is 36.4 Å². The van der Waals surface area contributed by atoms with Crippen LogP contribution >= 0.6 is 35.3 Å². The van der Waals surface area contributed by atoms with Crippen LogP contribution in [0.4, 0.5) is 0 Å². The maximum Gasteiger partial charge on any atom is 0.244 e. The molecular formula is C16H20Cl2N2OS. The van der Waals surface area contributed by atoms with Crippen LogP contribution in [0.25, 0.3) is 0 Å². The molecule has 1 heterocycles. The van der Waals surface area contributed by atoms with Crippen LogP contribution in [0.3, 0.4) is 0 Å². The number of hydrogen-bond acceptors (Lipinski definition) is 3. The zero-order chi connectivity index (χ0) is 15.4. The van der Waals surface area contributed by atoms with E-state index >= 15 is 0 Å². The molecule has 0 radical (unpaired) electrons. The van der Waals surface area contributed by atoms with E-state index in [2.05, 4.69) is 0 Å². The highest BCUT2D eigenvalue weighted by molar-refractivity contribution is 7.16. The number of likely N-dealkylation sites (N-methyl/N-ethyl adjacent to an activating group) is 1. The molecule has 22 heavy (non-hydrogen) atoms. The van der Waals surface area contributed by atoms with Gasteiger partial charge in [-0.1, -0.05) is 41.4 Å². The second-order valence-corrected chi connectivity index (χ2v) is 6.75. The molecule has 2 rings (SSSR count). The summed E-state index contributed by atoms with van der Waals surface area (Å²) in [5, 5.41) is 0. The Bertz CT molecular complexity index is 613. The van der Waals surface area contributed by atoms with Gasteiger partial charge in [-0.15, -0.1) is 23.7 Å². The van der Waals surface area contributed by atoms with Crippen LogP contribution in [0.2, 0.25) is 4.34 Å². The number of carbonyl (C=O) groups is 1. The van der Waals surface area contributed by atoms with Crippen molar-refractivity contribution in [2.24, 2.45) is 5.73 Å². The number of benzene rings is 1. The smallest absolute Gasteiger partial charge is 0.244 e. The molecular weight excluding hydrogens is 339 g/mol. The number of nitrogens with zero attached hydrogens (tertiary/aromatic N) is 1. The van der Waals surface area contributed by atoms with Gasteiger partial charge in [0.2, 0.25) is 5.91 Å². The van der Waals surface area contributed by atoms with Gasteiger partial charge in [0.15, 0.2) is 0 Å². The number of aryl methyl sites for hydroxylation is 1. The molecule has 0 saturated heterocycles. The number of hydrogen-bond donors (Lipinski definition) is 1. The number of thiophene rings is 1. The van der Waals surface area contributed by atoms with E-state index in [9.17, 15) is 4.79 Å². The minimum absolute atomic E-state index is 0. The molecule has 0 spiro atoms. The molecule has 120 valence electrons. The van der Waals surface area contributed by atoms with Crippen LogP contribution in [-0.2, 0) is 11.3 Å². The highest BCUT2D eigenvalue weighted by Crippen LogP contribution is 2.24. The fourth-order valence-electron chi connectivity index (χ4n) is 2.08. The molecule has 0 aliphatic rings. The molecule has 1 amide bonds. The van der Waals surface area contributed by atoms with Crippen LogP contribution in [0.5, 0.6) is 0 Å². The van der Waals surface area contributed by atoms with Gasteiger partial charge in [0.25, 0.3) is 0 Å². The molecule has 2 aromatic rings. The first-order valence-corrected chi connectivity index (χ1v) is 8.06. The molecule has 1 aromatic carbocycles. The minimum Gasteiger partial charge on any atom is -0.336 e. The maximum atomic E-state index is 12.5. The summed E-state index contributed by atoms with van der Waals surface area (Å²) in [6, 6.07) is 10.9. The fourth-order valence-corrected chi connectivity index (χ4v) is 3.19. The lowest BCUT2D eigenvalue weighted by molar-refractivity contribution is -0.133. The van der Waals surface area contributed by atoms with Gasteiger partial charge in [0.1, 0.15) is 6.04 Å². The van der Waals surface area contributed by atoms with Gasteiger partial charge in [0, 0.05) is 11.4 Å². The van der Waals surface area contributed by atoms with E-state index in [1.807, 2.05) is 50.2 Å². The molecule has 0 bridgehead atoms. The summed E-state index contributed by atoms with van der Waals surface area (Å²) in [7, 11) is 0. The van der Waals surface area contributed by atoms with Crippen molar-refractivity contribution in [1.29, 1.82) is 0 Å². The largest absolute Gasteiger partial charge is 0.336 e. The van der Waals surface area contributed by atoms with Crippen LogP contribution in [-0.4, -0.2) is 17.4 Å². The van der Waals surface area contributed by atoms with E-state index in [0.717, 1.165) is 20.3 Å². The Hall–Kier alpha value is -1.07. The second kappa shape index (κ2) is 8.53. The quantitative estimate of drug-likeness (QED) is 0.871. The SMILES string of the molecule is CCN(Cc1ccc(Cl)s1)C(=O)C(N)c1ccc(C)cc1.Cl. The summed E-state index contributed by atoms with van der Waals surface area (Å²) >= 11 is 7.42. The monoisotopic (exact) mass is 358 g/mol. The molecule has 2 N–H and O–H groups in total. The molecule has 1 unspecified atom stereocenters. The molecule has 1 atom stereocenters. The van der Waals surface area contributed by atoms with Crippen molar-refractivity contribution < 1.29 is 4.79 Å². The molecule has 0 aliphatic heterocycles. The Labute approximate surface area is 146 Å². The van der Waals surface area contributed by atoms with Gasteiger partial charge in [-0.2, -0.15) is 0 Å². The summed E-state index contributed by atoms with van der Waals surface area (Å²) in [6.07, 6.45) is 0. The van der Waals surface area contributed by atoms with Crippen LogP contribution < -0.4 is 5.73 Å². The predicted octanol–water partition coefficient (Wildman–Crippen LogP) is 4.18. The van der Waals surface area contributed by atoms with Crippen molar-refractivity contribution in [3.8, 4) is 0 Å². The Balaban J connectivity index is 0.00000242. The molecule has 0 fully saturated rings. The molecule has 0 aliphatic carbocycles. The number of carbonyl (C=O) groups excluding carboxylic acids is 1. The Morgan fingerprint density at radius 3 is 2.41 bits per heavy atom. The van der Waals surface area contributed by atoms with E-state index < -0.39 is 6.04 Å². The van der Waals surface area contributed by atoms with Crippen molar-refractivity contribution in [2.45, 2.75) is 26.4 Å². The van der Waals surface area contributed by atoms with E-state index in [0.29, 0.717) is 13.1 Å². The number of halogens is 2. The molecule has 1 aromatic heterocycles. The highest BCUT2D eigenvalue weighted by Gasteiger charge is 2.22. The van der Waals surface area contributed by atoms with Gasteiger partial charge in [-0.3, -0.25) is 4.79 Å². The molecule has 6 heteroatoms. The maximum absolute atomic E-state index is 12.5. The average molecular weight is 359 g/mol. The van der Waals surface area contributed by atoms with Crippen molar-refractivity contribution in [3.63, 3.8) is 0 Å². The van der Waals surface area contributed by atoms with Crippen molar-refractivity contribution in [1.82, 2.24) is 4.90 Å². The van der Waals surface area contributed by atoms with Crippen molar-refractivity contribution in [3.05, 3.63) is 56.7 Å². The van der Waals surface area contributed by atoms with Crippen LogP contribution in [0.1, 0.15) is 29.0 Å². The lowest BCUT2D eigenvalue weighted by atomic mass is 10.0. The van der Waals surface area contributed by atoms with Gasteiger partial charge in [-0.25, -0.2) is 0 Å². The van der Waals surface area contributed by atoms with E-state index in [1.54, 1.807) is 4.90 Å². The molecule has 0 saturated carbocycles. The standard InChI is InChI=1S/C16H19ClN2OS.ClH/c1-3-19(10-13-8-9-14(17)21-13)16(20)15(18)12-6-4-11(2)5-7-12;/h4-9,15H,3,10,18H2,1-2H3;1H. The van der Waals surface area contributed by atoms with Gasteiger partial charge >= 0.3 is 0 Å². The molecule has 3 nitrogen and oxygen atoms in total. The first-order valence-electron chi connectivity index (χ1n) is 6.86. The third-order valence-electron chi connectivity index (χ3n) is 3.37. The predicted molar refractivity (Wildman–Crippen MR) is 95.8 cm³/mol. The first-order chi connectivity index (χ1) is 10.0. The Morgan fingerprint density at radius 1 is 1.27 bits per heavy atom. The summed E-state index contributed by atoms with van der Waals surface area (Å²) in [5.74, 6) is -0.0640. The van der Waals surface area contributed by atoms with Crippen molar-refractivity contribution >= 4 is 41.3 Å². The third kappa shape index (κ3) is 4.71. The summed E-state index contributed by atoms with van der Waals surface area (Å²) in [4.78, 5) is 15.4. The van der Waals surface area contributed by atoms with Gasteiger partial charge < -0.3 is 10.6 Å². The zero-order valence-electron chi connectivity index (χ0n) is 12.6. The third-order valence-corrected chi connectivity index (χ3v) is 4.59. The van der Waals surface area contributed by atoms with E-state index in [-0.39, 0.29) is 18.3 Å². The second-order valence-electron chi connectivity index (χ2n) is 4.95. The fraction of sp³-hybridized carbons (Fsp3) is 0.312. The van der Waals surface area contributed by atoms with E-state index in [1.165, 1.54) is 11.3 Å². The number of nitrogens with two attached hydrogens (primary N) is 1. The van der Waals surface area contributed by atoms with Crippen LogP contribution in [0, 0.1) is 6.92 Å². The minimum atomic E-state index is -0.624. The zero-order valence-corrected chi connectivity index (χ0v) is 15.0.